The number of hydrogen-bond acceptors (Lipinski definition) is 13. The topological polar surface area (TPSA) is 220 Å². The van der Waals surface area contributed by atoms with Crippen LogP contribution in [-0.4, -0.2) is 81.4 Å². The molecule has 5 N–H and O–H groups in total. The van der Waals surface area contributed by atoms with Gasteiger partial charge < -0.3 is 25.0 Å². The largest absolute Gasteiger partial charge is 0.477 e. The predicted molar refractivity (Wildman–Crippen MR) is 158 cm³/mol. The van der Waals surface area contributed by atoms with Crippen LogP contribution in [0.5, 0.6) is 0 Å². The van der Waals surface area contributed by atoms with Crippen LogP contribution in [0, 0.1) is 0 Å². The first-order valence-electron chi connectivity index (χ1n) is 12.1. The maximum Gasteiger partial charge on any atom is 0.429 e. The molecule has 0 bridgehead atoms. The highest BCUT2D eigenvalue weighted by atomic mass is 32.2. The summed E-state index contributed by atoms with van der Waals surface area (Å²) in [7, 11) is -2.77. The third kappa shape index (κ3) is 6.90. The molecule has 16 nitrogen and oxygen atoms in total. The summed E-state index contributed by atoms with van der Waals surface area (Å²) in [6.45, 7) is 1.70. The number of carbonyl (C=O) groups excluding carboxylic acids is 2. The molecular formula is C22H22N8O8PS4+. The van der Waals surface area contributed by atoms with E-state index >= 15 is 0 Å². The molecule has 21 heteroatoms. The van der Waals surface area contributed by atoms with Gasteiger partial charge in [0.15, 0.2) is 16.7 Å². The van der Waals surface area contributed by atoms with Crippen molar-refractivity contribution in [3.05, 3.63) is 46.3 Å². The van der Waals surface area contributed by atoms with Crippen LogP contribution in [0.4, 0.5) is 5.13 Å². The zero-order valence-electron chi connectivity index (χ0n) is 22.1. The van der Waals surface area contributed by atoms with E-state index < -0.39 is 42.7 Å². The standard InChI is InChI=1S/C22H21N8O8PS4/c1-3-38-26-13(16-25-21(43-28-16)27-39(35,36)37)17(31)24-14-18(32)30-15(20(33)34)12(9-40-19(14)30)42-22-23-11(8-41-22)10-4-6-29(2)7-5-10/h4-8,14,19H,3,9H2,1-2H3,(H4-,24,25,27,28,31,33,34,35,36,37)/p+1/t14?,19-/m1/s1. The minimum Gasteiger partial charge on any atom is -0.477 e. The smallest absolute Gasteiger partial charge is 0.429 e. The Morgan fingerprint density at radius 1 is 1.30 bits per heavy atom. The van der Waals surface area contributed by atoms with Crippen LogP contribution in [0.2, 0.25) is 0 Å². The van der Waals surface area contributed by atoms with Gasteiger partial charge in [0, 0.05) is 45.3 Å². The Labute approximate surface area is 259 Å². The van der Waals surface area contributed by atoms with Gasteiger partial charge in [-0.05, 0) is 6.92 Å². The highest BCUT2D eigenvalue weighted by molar-refractivity contribution is 8.07. The van der Waals surface area contributed by atoms with Crippen molar-refractivity contribution in [1.29, 1.82) is 0 Å². The van der Waals surface area contributed by atoms with Crippen molar-refractivity contribution in [2.45, 2.75) is 22.7 Å². The van der Waals surface area contributed by atoms with Gasteiger partial charge in [0.2, 0.25) is 16.7 Å². The minimum absolute atomic E-state index is 0.0843. The first-order valence-corrected chi connectivity index (χ1v) is 17.3. The second-order valence-corrected chi connectivity index (χ2v) is 14.1. The number of pyridine rings is 1. The van der Waals surface area contributed by atoms with Gasteiger partial charge in [0.25, 0.3) is 11.8 Å². The van der Waals surface area contributed by atoms with Gasteiger partial charge in [0.05, 0.1) is 5.69 Å². The number of amides is 2. The summed E-state index contributed by atoms with van der Waals surface area (Å²) in [5, 5.41) is 19.0. The number of carboxylic acid groups (broad SMARTS) is 1. The van der Waals surface area contributed by atoms with Crippen LogP contribution >= 0.6 is 54.1 Å². The quantitative estimate of drug-likeness (QED) is 0.0630. The summed E-state index contributed by atoms with van der Waals surface area (Å²) in [4.78, 5) is 71.9. The lowest BCUT2D eigenvalue weighted by Gasteiger charge is -2.49. The molecule has 226 valence electrons. The van der Waals surface area contributed by atoms with Crippen molar-refractivity contribution in [3.8, 4) is 11.3 Å². The number of rotatable bonds is 11. The van der Waals surface area contributed by atoms with E-state index in [0.717, 1.165) is 16.2 Å². The lowest BCUT2D eigenvalue weighted by Crippen LogP contribution is -2.71. The summed E-state index contributed by atoms with van der Waals surface area (Å²) in [5.74, 6) is -2.84. The van der Waals surface area contributed by atoms with Crippen LogP contribution in [0.1, 0.15) is 12.7 Å². The Balaban J connectivity index is 1.31. The maximum atomic E-state index is 13.2. The molecule has 0 spiro atoms. The molecule has 1 saturated heterocycles. The molecule has 1 unspecified atom stereocenters. The molecule has 2 atom stereocenters. The molecular weight excluding hydrogens is 664 g/mol. The Kier molecular flexibility index (Phi) is 9.16. The van der Waals surface area contributed by atoms with Crippen LogP contribution in [-0.2, 0) is 30.8 Å². The van der Waals surface area contributed by atoms with E-state index in [-0.39, 0.29) is 29.0 Å². The van der Waals surface area contributed by atoms with Gasteiger partial charge >= 0.3 is 13.7 Å². The SMILES string of the molecule is CCON=C(C(=O)NC1C(=O)N2C(C(=O)O)=C(Sc3nc(-c4cc[n+](C)cc4)cs3)CS[C@H]12)c1nsc(NP(=O)(O)O)n1. The van der Waals surface area contributed by atoms with Crippen molar-refractivity contribution in [3.63, 3.8) is 0 Å². The molecule has 0 saturated carbocycles. The molecule has 2 aliphatic heterocycles. The summed E-state index contributed by atoms with van der Waals surface area (Å²) in [6.07, 6.45) is 3.80. The zero-order chi connectivity index (χ0) is 30.9. The van der Waals surface area contributed by atoms with Gasteiger partial charge in [-0.2, -0.15) is 9.36 Å². The number of carbonyl (C=O) groups is 3. The van der Waals surface area contributed by atoms with Crippen LogP contribution in [0.3, 0.4) is 0 Å². The highest BCUT2D eigenvalue weighted by Gasteiger charge is 2.54. The fraction of sp³-hybridized carbons (Fsp3) is 0.273. The second kappa shape index (κ2) is 12.7. The van der Waals surface area contributed by atoms with E-state index in [9.17, 15) is 24.1 Å². The zero-order valence-corrected chi connectivity index (χ0v) is 26.3. The molecule has 2 aliphatic rings. The number of carboxylic acids is 1. The fourth-order valence-electron chi connectivity index (χ4n) is 3.90. The van der Waals surface area contributed by atoms with Crippen LogP contribution in [0.25, 0.3) is 11.3 Å². The van der Waals surface area contributed by atoms with E-state index in [4.69, 9.17) is 14.6 Å². The maximum absolute atomic E-state index is 13.2. The highest BCUT2D eigenvalue weighted by Crippen LogP contribution is 2.46. The van der Waals surface area contributed by atoms with E-state index in [2.05, 4.69) is 24.8 Å². The molecule has 1 fully saturated rings. The average molecular weight is 686 g/mol. The number of anilines is 1. The number of β-lactam (4-membered cyclic amide) rings is 1. The number of fused-ring (bicyclic) bond motifs is 1. The van der Waals surface area contributed by atoms with Gasteiger partial charge in [-0.15, -0.1) is 23.1 Å². The minimum atomic E-state index is -4.67. The van der Waals surface area contributed by atoms with Crippen molar-refractivity contribution >= 4 is 82.8 Å². The third-order valence-electron chi connectivity index (χ3n) is 5.77. The summed E-state index contributed by atoms with van der Waals surface area (Å²) in [5.41, 5.74) is 1.06. The molecule has 5 heterocycles. The summed E-state index contributed by atoms with van der Waals surface area (Å²) < 4.78 is 17.6. The average Bonchev–Trinajstić information content (AvgIpc) is 3.60. The normalized spacial score (nSPS) is 18.7. The van der Waals surface area contributed by atoms with E-state index in [0.29, 0.717) is 20.8 Å². The van der Waals surface area contributed by atoms with Crippen molar-refractivity contribution in [2.75, 3.05) is 17.4 Å². The molecule has 43 heavy (non-hydrogen) atoms. The molecule has 5 rings (SSSR count). The first-order chi connectivity index (χ1) is 20.4. The molecule has 0 aromatic carbocycles. The van der Waals surface area contributed by atoms with Gasteiger partial charge in [0.1, 0.15) is 30.8 Å². The van der Waals surface area contributed by atoms with Crippen molar-refractivity contribution in [1.82, 2.24) is 24.6 Å². The van der Waals surface area contributed by atoms with Gasteiger partial charge in [-0.1, -0.05) is 16.9 Å². The first kappa shape index (κ1) is 31.0. The number of hydrogen-bond donors (Lipinski definition) is 5. The number of aryl methyl sites for hydroxylation is 1. The Morgan fingerprint density at radius 2 is 2.05 bits per heavy atom. The number of thiazole rings is 1. The second-order valence-electron chi connectivity index (χ2n) is 8.73. The summed E-state index contributed by atoms with van der Waals surface area (Å²) >= 11 is 4.40. The number of nitrogens with one attached hydrogen (secondary N) is 2. The number of nitrogens with zero attached hydrogens (tertiary/aromatic N) is 6. The van der Waals surface area contributed by atoms with Crippen molar-refractivity contribution < 1.29 is 43.2 Å². The van der Waals surface area contributed by atoms with Crippen LogP contribution in [0.15, 0.2) is 50.0 Å². The number of thioether (sulfide) groups is 2. The number of oxime groups is 1. The molecule has 2 amide bonds. The van der Waals surface area contributed by atoms with Crippen molar-refractivity contribution in [2.24, 2.45) is 12.2 Å². The lowest BCUT2D eigenvalue weighted by atomic mass is 10.0. The number of aromatic nitrogens is 4. The molecule has 0 aliphatic carbocycles. The molecule has 3 aromatic rings. The number of aliphatic carboxylic acids is 1. The Morgan fingerprint density at radius 3 is 2.72 bits per heavy atom. The molecule has 3 aromatic heterocycles. The van der Waals surface area contributed by atoms with E-state index in [1.54, 1.807) is 6.92 Å². The monoisotopic (exact) mass is 685 g/mol. The Bertz CT molecular complexity index is 1690. The predicted octanol–water partition coefficient (Wildman–Crippen LogP) is 1.22. The third-order valence-corrected chi connectivity index (χ3v) is 10.5. The van der Waals surface area contributed by atoms with Gasteiger partial charge in [-0.25, -0.2) is 18.9 Å². The summed E-state index contributed by atoms with van der Waals surface area (Å²) in [6, 6.07) is 2.77. The van der Waals surface area contributed by atoms with E-state index in [1.807, 2.05) is 46.6 Å². The Hall–Kier alpha value is -3.39. The van der Waals surface area contributed by atoms with Gasteiger partial charge in [-0.3, -0.25) is 19.6 Å². The van der Waals surface area contributed by atoms with E-state index in [1.165, 1.54) is 34.9 Å². The molecule has 0 radical (unpaired) electrons. The lowest BCUT2D eigenvalue weighted by molar-refractivity contribution is -0.671. The van der Waals surface area contributed by atoms with Crippen LogP contribution < -0.4 is 15.0 Å². The fourth-order valence-corrected chi connectivity index (χ4v) is 8.60.